The fourth-order valence-corrected chi connectivity index (χ4v) is 1.58. The van der Waals surface area contributed by atoms with E-state index >= 15 is 0 Å². The molecule has 0 fully saturated rings. The smallest absolute Gasteiger partial charge is 0.416 e. The number of nitro benzene ring substituents is 1. The summed E-state index contributed by atoms with van der Waals surface area (Å²) in [5.41, 5.74) is 1.81. The maximum absolute atomic E-state index is 12.1. The van der Waals surface area contributed by atoms with E-state index < -0.39 is 39.8 Å². The molecule has 0 spiro atoms. The standard InChI is InChI=1S/C7H4F3NO3.C7H6F3NO.CH3.Pd/c8-7(9,10)4-1-2-6(12)5(3-4)11(13)14;8-7(9,10)4-1-2-6(12)5(11)3-4;;/h1-3,12H;1-3,12H,11H2;1H3;/q;;-1;. The molecule has 4 N–H and O–H groups in total. The monoisotopic (exact) mass is 505 g/mol. The average molecular weight is 506 g/mol. The van der Waals surface area contributed by atoms with Crippen molar-refractivity contribution >= 4 is 11.4 Å². The molecule has 0 aliphatic rings. The summed E-state index contributed by atoms with van der Waals surface area (Å²) in [6, 6.07) is 3.87. The Kier molecular flexibility index (Phi) is 10.0. The van der Waals surface area contributed by atoms with E-state index in [0.29, 0.717) is 18.2 Å². The zero-order valence-electron chi connectivity index (χ0n) is 13.8. The molecular formula is C15H13F6N2O4Pd-. The minimum atomic E-state index is -4.65. The molecule has 0 bridgehead atoms. The van der Waals surface area contributed by atoms with Crippen LogP contribution >= 0.6 is 0 Å². The van der Waals surface area contributed by atoms with Gasteiger partial charge in [0.15, 0.2) is 5.75 Å². The van der Waals surface area contributed by atoms with Crippen LogP contribution in [0.3, 0.4) is 0 Å². The van der Waals surface area contributed by atoms with Gasteiger partial charge in [-0.15, -0.1) is 0 Å². The van der Waals surface area contributed by atoms with Crippen LogP contribution < -0.4 is 5.73 Å². The Hall–Kier alpha value is -2.52. The number of nitrogens with zero attached hydrogens (tertiary/aromatic N) is 1. The summed E-state index contributed by atoms with van der Waals surface area (Å²) in [4.78, 5) is 9.10. The quantitative estimate of drug-likeness (QED) is 0.0985. The van der Waals surface area contributed by atoms with Gasteiger partial charge in [0, 0.05) is 26.5 Å². The molecule has 2 aromatic rings. The molecule has 0 heterocycles. The van der Waals surface area contributed by atoms with Crippen LogP contribution in [0, 0.1) is 17.5 Å². The Balaban J connectivity index is 0. The van der Waals surface area contributed by atoms with Gasteiger partial charge in [-0.05, 0) is 30.3 Å². The van der Waals surface area contributed by atoms with Crippen molar-refractivity contribution in [3.8, 4) is 11.5 Å². The molecule has 2 aromatic carbocycles. The molecule has 0 saturated heterocycles. The fraction of sp³-hybridized carbons (Fsp3) is 0.133. The van der Waals surface area contributed by atoms with E-state index in [9.17, 15) is 36.5 Å². The second-order valence-corrected chi connectivity index (χ2v) is 4.73. The van der Waals surface area contributed by atoms with Crippen molar-refractivity contribution in [3.05, 3.63) is 65.1 Å². The van der Waals surface area contributed by atoms with Crippen LogP contribution in [-0.2, 0) is 32.8 Å². The van der Waals surface area contributed by atoms with Crippen LogP contribution in [-0.4, -0.2) is 15.1 Å². The zero-order chi connectivity index (χ0) is 20.3. The van der Waals surface area contributed by atoms with Crippen molar-refractivity contribution in [3.63, 3.8) is 0 Å². The summed E-state index contributed by atoms with van der Waals surface area (Å²) < 4.78 is 72.1. The topological polar surface area (TPSA) is 110 Å². The number of aromatic hydroxyl groups is 2. The van der Waals surface area contributed by atoms with Crippen LogP contribution in [0.1, 0.15) is 11.1 Å². The van der Waals surface area contributed by atoms with Crippen molar-refractivity contribution in [2.75, 3.05) is 5.73 Å². The Morgan fingerprint density at radius 2 is 1.25 bits per heavy atom. The molecule has 0 aromatic heterocycles. The maximum atomic E-state index is 12.1. The van der Waals surface area contributed by atoms with Crippen LogP contribution in [0.4, 0.5) is 37.7 Å². The SMILES string of the molecule is Nc1cc(C(F)(F)F)ccc1O.O=[N+]([O-])c1cc(C(F)(F)F)ccc1O.[CH3-].[Pd]. The molecule has 0 aliphatic heterocycles. The third kappa shape index (κ3) is 7.61. The zero-order valence-corrected chi connectivity index (χ0v) is 15.3. The van der Waals surface area contributed by atoms with Gasteiger partial charge in [-0.1, -0.05) is 0 Å². The molecule has 0 radical (unpaired) electrons. The molecule has 0 atom stereocenters. The van der Waals surface area contributed by atoms with E-state index in [0.717, 1.165) is 12.1 Å². The number of alkyl halides is 6. The Labute approximate surface area is 168 Å². The predicted octanol–water partition coefficient (Wildman–Crippen LogP) is 4.76. The average Bonchev–Trinajstić information content (AvgIpc) is 2.48. The molecule has 2 rings (SSSR count). The second-order valence-electron chi connectivity index (χ2n) is 4.73. The normalized spacial score (nSPS) is 10.6. The Bertz CT molecular complexity index is 812. The van der Waals surface area contributed by atoms with E-state index in [2.05, 4.69) is 0 Å². The van der Waals surface area contributed by atoms with Crippen molar-refractivity contribution in [1.29, 1.82) is 0 Å². The van der Waals surface area contributed by atoms with Gasteiger partial charge in [0.25, 0.3) is 0 Å². The first-order valence-corrected chi connectivity index (χ1v) is 6.43. The minimum Gasteiger partial charge on any atom is -0.506 e. The number of nitrogen functional groups attached to an aromatic ring is 1. The van der Waals surface area contributed by atoms with E-state index in [1.165, 1.54) is 0 Å². The van der Waals surface area contributed by atoms with E-state index in [-0.39, 0.29) is 45.4 Å². The van der Waals surface area contributed by atoms with Crippen molar-refractivity contribution in [2.45, 2.75) is 12.4 Å². The molecule has 13 heteroatoms. The summed E-state index contributed by atoms with van der Waals surface area (Å²) in [5.74, 6) is -1.13. The number of anilines is 1. The van der Waals surface area contributed by atoms with Crippen molar-refractivity contribution in [1.82, 2.24) is 0 Å². The molecule has 0 aliphatic carbocycles. The first-order chi connectivity index (χ1) is 11.7. The number of phenols is 2. The molecule has 6 nitrogen and oxygen atoms in total. The number of hydrogen-bond acceptors (Lipinski definition) is 5. The molecular weight excluding hydrogens is 493 g/mol. The number of phenolic OH excluding ortho intramolecular Hbond substituents is 2. The van der Waals surface area contributed by atoms with Gasteiger partial charge in [0.1, 0.15) is 5.75 Å². The first kappa shape index (κ1) is 27.7. The first-order valence-electron chi connectivity index (χ1n) is 6.43. The number of nitrogens with two attached hydrogens (primary N) is 1. The molecule has 28 heavy (non-hydrogen) atoms. The molecule has 0 amide bonds. The number of nitro groups is 1. The van der Waals surface area contributed by atoms with Gasteiger partial charge in [0.05, 0.1) is 21.7 Å². The number of hydrogen-bond donors (Lipinski definition) is 3. The second kappa shape index (κ2) is 10.1. The summed E-state index contributed by atoms with van der Waals surface area (Å²) in [6.07, 6.45) is -9.07. The third-order valence-electron chi connectivity index (χ3n) is 2.85. The van der Waals surface area contributed by atoms with Gasteiger partial charge >= 0.3 is 18.0 Å². The number of halogens is 6. The van der Waals surface area contributed by atoms with Crippen LogP contribution in [0.2, 0.25) is 0 Å². The third-order valence-corrected chi connectivity index (χ3v) is 2.85. The Morgan fingerprint density at radius 1 is 0.857 bits per heavy atom. The van der Waals surface area contributed by atoms with Gasteiger partial charge in [0.2, 0.25) is 0 Å². The summed E-state index contributed by atoms with van der Waals surface area (Å²) >= 11 is 0. The minimum absolute atomic E-state index is 0. The van der Waals surface area contributed by atoms with Crippen LogP contribution in [0.5, 0.6) is 11.5 Å². The largest absolute Gasteiger partial charge is 0.506 e. The summed E-state index contributed by atoms with van der Waals surface area (Å²) in [7, 11) is 0. The fourth-order valence-electron chi connectivity index (χ4n) is 1.58. The van der Waals surface area contributed by atoms with Crippen LogP contribution in [0.15, 0.2) is 36.4 Å². The van der Waals surface area contributed by atoms with Gasteiger partial charge in [-0.25, -0.2) is 0 Å². The van der Waals surface area contributed by atoms with Gasteiger partial charge in [-0.2, -0.15) is 26.3 Å². The molecule has 0 saturated carbocycles. The summed E-state index contributed by atoms with van der Waals surface area (Å²) in [5, 5.41) is 27.9. The number of rotatable bonds is 1. The molecule has 160 valence electrons. The van der Waals surface area contributed by atoms with Gasteiger partial charge < -0.3 is 23.4 Å². The Morgan fingerprint density at radius 3 is 1.61 bits per heavy atom. The van der Waals surface area contributed by atoms with E-state index in [4.69, 9.17) is 15.9 Å². The van der Waals surface area contributed by atoms with Crippen molar-refractivity contribution in [2.24, 2.45) is 0 Å². The van der Waals surface area contributed by atoms with E-state index in [1.807, 2.05) is 0 Å². The van der Waals surface area contributed by atoms with Gasteiger partial charge in [-0.3, -0.25) is 10.1 Å². The molecule has 0 unspecified atom stereocenters. The van der Waals surface area contributed by atoms with E-state index in [1.54, 1.807) is 0 Å². The maximum Gasteiger partial charge on any atom is 0.416 e. The number of benzene rings is 2. The van der Waals surface area contributed by atoms with Crippen LogP contribution in [0.25, 0.3) is 0 Å². The van der Waals surface area contributed by atoms with Crippen molar-refractivity contribution < 1.29 is 61.9 Å². The predicted molar refractivity (Wildman–Crippen MR) is 83.7 cm³/mol. The summed E-state index contributed by atoms with van der Waals surface area (Å²) in [6.45, 7) is 0.